The molecule has 20 heavy (non-hydrogen) atoms. The summed E-state index contributed by atoms with van der Waals surface area (Å²) in [5.74, 6) is -1.31. The number of aliphatic hydroxyl groups excluding tert-OH is 5. The highest BCUT2D eigenvalue weighted by Gasteiger charge is 2.56. The van der Waals surface area contributed by atoms with E-state index in [-0.39, 0.29) is 11.8 Å². The van der Waals surface area contributed by atoms with Crippen LogP contribution in [0.15, 0.2) is 12.2 Å². The molecule has 0 spiro atoms. The first-order valence-electron chi connectivity index (χ1n) is 6.53. The highest BCUT2D eigenvalue weighted by Crippen LogP contribution is 2.47. The van der Waals surface area contributed by atoms with E-state index < -0.39 is 47.9 Å². The summed E-state index contributed by atoms with van der Waals surface area (Å²) in [7, 11) is 0. The van der Waals surface area contributed by atoms with Crippen molar-refractivity contribution >= 4 is 0 Å². The van der Waals surface area contributed by atoms with E-state index in [0.717, 1.165) is 0 Å². The van der Waals surface area contributed by atoms with E-state index in [0.29, 0.717) is 6.42 Å². The minimum Gasteiger partial charge on any atom is -0.394 e. The Balaban J connectivity index is 2.13. The van der Waals surface area contributed by atoms with Crippen LogP contribution in [-0.2, 0) is 0 Å². The molecule has 5 N–H and O–H groups in total. The van der Waals surface area contributed by atoms with Crippen molar-refractivity contribution in [2.45, 2.75) is 36.9 Å². The van der Waals surface area contributed by atoms with Gasteiger partial charge in [-0.25, -0.2) is 0 Å². The standard InChI is InChI=1S/C12H19NO7/c14-4-7(15)10(16)12(18)11(17)8-5-1-2-6(3-5)9(8)13(19)20/h1-2,5-12,14-18H,3-4H2/t5-,6+,7-,8-,9-,10-,11-,12+/m1/s1. The van der Waals surface area contributed by atoms with Gasteiger partial charge in [0.15, 0.2) is 0 Å². The molecule has 0 amide bonds. The molecule has 0 heterocycles. The average Bonchev–Trinajstić information content (AvgIpc) is 3.04. The van der Waals surface area contributed by atoms with Gasteiger partial charge in [0.1, 0.15) is 18.3 Å². The van der Waals surface area contributed by atoms with Crippen molar-refractivity contribution in [3.05, 3.63) is 22.3 Å². The Bertz CT molecular complexity index is 401. The topological polar surface area (TPSA) is 144 Å². The molecule has 1 fully saturated rings. The zero-order valence-corrected chi connectivity index (χ0v) is 10.7. The van der Waals surface area contributed by atoms with Crippen LogP contribution in [0.3, 0.4) is 0 Å². The minimum absolute atomic E-state index is 0.224. The van der Waals surface area contributed by atoms with Crippen LogP contribution in [-0.4, -0.2) is 67.5 Å². The first kappa shape index (κ1) is 15.3. The second-order valence-corrected chi connectivity index (χ2v) is 5.52. The smallest absolute Gasteiger partial charge is 0.225 e. The van der Waals surface area contributed by atoms with Crippen LogP contribution >= 0.6 is 0 Å². The third-order valence-electron chi connectivity index (χ3n) is 4.40. The number of fused-ring (bicyclic) bond motifs is 2. The Morgan fingerprint density at radius 1 is 1.15 bits per heavy atom. The fourth-order valence-electron chi connectivity index (χ4n) is 3.35. The molecule has 0 radical (unpaired) electrons. The van der Waals surface area contributed by atoms with Crippen LogP contribution in [0.1, 0.15) is 6.42 Å². The van der Waals surface area contributed by atoms with Crippen molar-refractivity contribution < 1.29 is 30.5 Å². The number of nitro groups is 1. The average molecular weight is 289 g/mol. The third-order valence-corrected chi connectivity index (χ3v) is 4.40. The first-order chi connectivity index (χ1) is 9.38. The Morgan fingerprint density at radius 2 is 1.75 bits per heavy atom. The predicted molar refractivity (Wildman–Crippen MR) is 66.1 cm³/mol. The molecule has 8 nitrogen and oxygen atoms in total. The summed E-state index contributed by atoms with van der Waals surface area (Å²) in [6, 6.07) is -1.01. The number of rotatable bonds is 6. The van der Waals surface area contributed by atoms with Gasteiger partial charge < -0.3 is 25.5 Å². The maximum atomic E-state index is 11.1. The highest BCUT2D eigenvalue weighted by molar-refractivity contribution is 5.16. The van der Waals surface area contributed by atoms with Crippen molar-refractivity contribution in [2.24, 2.45) is 17.8 Å². The lowest BCUT2D eigenvalue weighted by molar-refractivity contribution is -0.538. The van der Waals surface area contributed by atoms with Crippen LogP contribution in [0.25, 0.3) is 0 Å². The second kappa shape index (κ2) is 5.74. The van der Waals surface area contributed by atoms with E-state index in [1.807, 2.05) is 0 Å². The van der Waals surface area contributed by atoms with Crippen molar-refractivity contribution in [3.8, 4) is 0 Å². The molecule has 2 rings (SSSR count). The van der Waals surface area contributed by atoms with Gasteiger partial charge in [-0.2, -0.15) is 0 Å². The normalized spacial score (nSPS) is 37.6. The fraction of sp³-hybridized carbons (Fsp3) is 0.833. The van der Waals surface area contributed by atoms with Gasteiger partial charge in [0.05, 0.1) is 18.6 Å². The highest BCUT2D eigenvalue weighted by atomic mass is 16.6. The van der Waals surface area contributed by atoms with Gasteiger partial charge in [0.25, 0.3) is 0 Å². The summed E-state index contributed by atoms with van der Waals surface area (Å²) in [4.78, 5) is 10.6. The molecule has 8 atom stereocenters. The van der Waals surface area contributed by atoms with Gasteiger partial charge in [0.2, 0.25) is 6.04 Å². The van der Waals surface area contributed by atoms with Gasteiger partial charge in [-0.1, -0.05) is 12.2 Å². The fourth-order valence-corrected chi connectivity index (χ4v) is 3.35. The number of nitrogens with zero attached hydrogens (tertiary/aromatic N) is 1. The second-order valence-electron chi connectivity index (χ2n) is 5.52. The summed E-state index contributed by atoms with van der Waals surface area (Å²) in [5, 5.41) is 58.7. The first-order valence-corrected chi connectivity index (χ1v) is 6.53. The molecule has 2 aliphatic carbocycles. The van der Waals surface area contributed by atoms with Crippen molar-refractivity contribution in [1.29, 1.82) is 0 Å². The minimum atomic E-state index is -1.76. The molecule has 2 aliphatic rings. The number of hydrogen-bond donors (Lipinski definition) is 5. The van der Waals surface area contributed by atoms with Gasteiger partial charge in [0, 0.05) is 10.8 Å². The summed E-state index contributed by atoms with van der Waals surface area (Å²) in [5.41, 5.74) is 0. The molecule has 8 heteroatoms. The zero-order chi connectivity index (χ0) is 15.0. The molecule has 0 unspecified atom stereocenters. The Kier molecular flexibility index (Phi) is 4.40. The van der Waals surface area contributed by atoms with Gasteiger partial charge in [-0.05, 0) is 12.3 Å². The van der Waals surface area contributed by atoms with Crippen LogP contribution in [0.5, 0.6) is 0 Å². The van der Waals surface area contributed by atoms with Gasteiger partial charge in [-0.3, -0.25) is 10.1 Å². The Labute approximate surface area is 115 Å². The summed E-state index contributed by atoms with van der Waals surface area (Å²) >= 11 is 0. The number of hydrogen-bond acceptors (Lipinski definition) is 7. The molecule has 0 saturated heterocycles. The molecule has 0 aromatic heterocycles. The summed E-state index contributed by atoms with van der Waals surface area (Å²) in [6.45, 7) is -0.778. The lowest BCUT2D eigenvalue weighted by atomic mass is 9.81. The maximum absolute atomic E-state index is 11.1. The maximum Gasteiger partial charge on any atom is 0.225 e. The Hall–Kier alpha value is -1.06. The molecule has 0 aliphatic heterocycles. The van der Waals surface area contributed by atoms with E-state index in [2.05, 4.69) is 0 Å². The largest absolute Gasteiger partial charge is 0.394 e. The van der Waals surface area contributed by atoms with Crippen molar-refractivity contribution in [2.75, 3.05) is 6.61 Å². The van der Waals surface area contributed by atoms with Crippen molar-refractivity contribution in [1.82, 2.24) is 0 Å². The van der Waals surface area contributed by atoms with E-state index >= 15 is 0 Å². The van der Waals surface area contributed by atoms with Gasteiger partial charge in [-0.15, -0.1) is 0 Å². The van der Waals surface area contributed by atoms with E-state index in [9.17, 15) is 30.5 Å². The molecular weight excluding hydrogens is 270 g/mol. The SMILES string of the molecule is O=[N+]([O-])[C@H]1[C@H]([C@@H](O)[C@@H](O)[C@H](O)[C@H](O)CO)[C@@H]2C=C[C@H]1C2. The molecule has 0 aromatic rings. The third kappa shape index (κ3) is 2.45. The lowest BCUT2D eigenvalue weighted by Crippen LogP contribution is -2.52. The van der Waals surface area contributed by atoms with Crippen LogP contribution in [0, 0.1) is 27.9 Å². The van der Waals surface area contributed by atoms with Gasteiger partial charge >= 0.3 is 0 Å². The van der Waals surface area contributed by atoms with E-state index in [4.69, 9.17) is 5.11 Å². The molecule has 0 aromatic carbocycles. The quantitative estimate of drug-likeness (QED) is 0.214. The van der Waals surface area contributed by atoms with E-state index in [1.165, 1.54) is 0 Å². The van der Waals surface area contributed by atoms with Crippen molar-refractivity contribution in [3.63, 3.8) is 0 Å². The number of aliphatic hydroxyl groups is 5. The molecule has 114 valence electrons. The number of allylic oxidation sites excluding steroid dienone is 1. The van der Waals surface area contributed by atoms with Crippen LogP contribution < -0.4 is 0 Å². The monoisotopic (exact) mass is 289 g/mol. The zero-order valence-electron chi connectivity index (χ0n) is 10.7. The summed E-state index contributed by atoms with van der Waals surface area (Å²) in [6.07, 6.45) is -2.60. The molecule has 1 saturated carbocycles. The molecular formula is C12H19NO7. The van der Waals surface area contributed by atoms with E-state index in [1.54, 1.807) is 12.2 Å². The lowest BCUT2D eigenvalue weighted by Gasteiger charge is -2.32. The van der Waals surface area contributed by atoms with Crippen LogP contribution in [0.2, 0.25) is 0 Å². The summed E-state index contributed by atoms with van der Waals surface area (Å²) < 4.78 is 0. The van der Waals surface area contributed by atoms with Crippen LogP contribution in [0.4, 0.5) is 0 Å². The Morgan fingerprint density at radius 3 is 2.30 bits per heavy atom. The predicted octanol–water partition coefficient (Wildman–Crippen LogP) is -2.11. The molecule has 2 bridgehead atoms.